The number of hydrogen-bond donors (Lipinski definition) is 2. The number of morpholine rings is 1. The van der Waals surface area contributed by atoms with Crippen LogP contribution in [-0.4, -0.2) is 48.7 Å². The third kappa shape index (κ3) is 5.40. The van der Waals surface area contributed by atoms with Gasteiger partial charge < -0.3 is 15.4 Å². The third-order valence-corrected chi connectivity index (χ3v) is 8.45. The fraction of sp³-hybridized carbons (Fsp3) is 0.240. The first-order valence-electron chi connectivity index (χ1n) is 11.8. The molecule has 1 aliphatic heterocycles. The van der Waals surface area contributed by atoms with Crippen molar-refractivity contribution in [3.05, 3.63) is 66.1 Å². The highest BCUT2D eigenvalue weighted by molar-refractivity contribution is 7.92. The molecule has 39 heavy (non-hydrogen) atoms. The highest BCUT2D eigenvalue weighted by atomic mass is 32.2. The number of aromatic nitrogens is 3. The van der Waals surface area contributed by atoms with Crippen molar-refractivity contribution in [2.75, 3.05) is 28.4 Å². The van der Waals surface area contributed by atoms with Crippen LogP contribution in [-0.2, 0) is 14.8 Å². The Kier molecular flexibility index (Phi) is 7.18. The number of thiazole rings is 1. The Morgan fingerprint density at radius 1 is 1.03 bits per heavy atom. The van der Waals surface area contributed by atoms with E-state index in [2.05, 4.69) is 9.97 Å². The van der Waals surface area contributed by atoms with Crippen LogP contribution < -0.4 is 15.4 Å². The lowest BCUT2D eigenvalue weighted by Crippen LogP contribution is -2.45. The van der Waals surface area contributed by atoms with E-state index >= 15 is 4.39 Å². The van der Waals surface area contributed by atoms with Gasteiger partial charge in [-0.3, -0.25) is 4.72 Å². The van der Waals surface area contributed by atoms with Crippen LogP contribution in [0.25, 0.3) is 21.8 Å². The maximum Gasteiger partial charge on any atom is 0.267 e. The van der Waals surface area contributed by atoms with Gasteiger partial charge >= 0.3 is 0 Å². The van der Waals surface area contributed by atoms with E-state index < -0.39 is 38.1 Å². The molecule has 0 amide bonds. The quantitative estimate of drug-likeness (QED) is 0.339. The predicted molar refractivity (Wildman–Crippen MR) is 142 cm³/mol. The summed E-state index contributed by atoms with van der Waals surface area (Å²) in [5, 5.41) is 0.581. The first-order chi connectivity index (χ1) is 18.5. The van der Waals surface area contributed by atoms with Gasteiger partial charge in [0.1, 0.15) is 11.6 Å². The molecule has 5 rings (SSSR count). The molecule has 4 aromatic rings. The normalized spacial score (nSPS) is 17.8. The molecular weight excluding hydrogens is 553 g/mol. The Hall–Kier alpha value is -3.75. The van der Waals surface area contributed by atoms with Crippen molar-refractivity contribution in [2.45, 2.75) is 31.0 Å². The van der Waals surface area contributed by atoms with Gasteiger partial charge in [0.15, 0.2) is 15.8 Å². The summed E-state index contributed by atoms with van der Waals surface area (Å²) in [6.07, 6.45) is 1.34. The highest BCUT2D eigenvalue weighted by Gasteiger charge is 2.29. The average molecular weight is 577 g/mol. The fourth-order valence-corrected chi connectivity index (χ4v) is 6.63. The number of halogens is 3. The van der Waals surface area contributed by atoms with E-state index in [1.807, 2.05) is 23.5 Å². The van der Waals surface area contributed by atoms with Crippen molar-refractivity contribution in [2.24, 2.45) is 0 Å². The van der Waals surface area contributed by atoms with Gasteiger partial charge in [-0.05, 0) is 44.2 Å². The van der Waals surface area contributed by atoms with Crippen LogP contribution >= 0.6 is 11.3 Å². The molecule has 3 N–H and O–H groups in total. The average Bonchev–Trinajstić information content (AvgIpc) is 3.30. The maximum absolute atomic E-state index is 15.9. The topological polar surface area (TPSA) is 123 Å². The number of sulfonamides is 1. The second-order valence-electron chi connectivity index (χ2n) is 8.96. The largest absolute Gasteiger partial charge is 0.372 e. The summed E-state index contributed by atoms with van der Waals surface area (Å²) >= 11 is 1.26. The van der Waals surface area contributed by atoms with Gasteiger partial charge in [-0.25, -0.2) is 36.5 Å². The van der Waals surface area contributed by atoms with E-state index in [1.165, 1.54) is 29.7 Å². The van der Waals surface area contributed by atoms with Crippen LogP contribution in [0.2, 0.25) is 0 Å². The molecule has 0 bridgehead atoms. The number of rotatable bonds is 6. The SMILES string of the molecule is CC1CN(c2nc(-c3cccc(NS(=O)(=O)c4c(F)cccc4F)c3F)c(-c3ccnc(N)n3)s2)C[C@H](C)O1. The smallest absolute Gasteiger partial charge is 0.267 e. The minimum absolute atomic E-state index is 0.0101. The second-order valence-corrected chi connectivity index (χ2v) is 11.6. The molecule has 1 fully saturated rings. The van der Waals surface area contributed by atoms with E-state index in [9.17, 15) is 17.2 Å². The molecule has 9 nitrogen and oxygen atoms in total. The van der Waals surface area contributed by atoms with Gasteiger partial charge in [-0.1, -0.05) is 23.5 Å². The summed E-state index contributed by atoms with van der Waals surface area (Å²) in [5.41, 5.74) is 5.83. The molecule has 1 unspecified atom stereocenters. The van der Waals surface area contributed by atoms with E-state index in [-0.39, 0.29) is 29.4 Å². The zero-order chi connectivity index (χ0) is 27.9. The van der Waals surface area contributed by atoms with E-state index in [4.69, 9.17) is 15.5 Å². The molecule has 3 heterocycles. The molecule has 0 saturated carbocycles. The Balaban J connectivity index is 1.60. The minimum atomic E-state index is -4.81. The van der Waals surface area contributed by atoms with Crippen LogP contribution in [0.4, 0.5) is 29.9 Å². The summed E-state index contributed by atoms with van der Waals surface area (Å²) in [4.78, 5) is 14.2. The molecule has 2 atom stereocenters. The van der Waals surface area contributed by atoms with Crippen molar-refractivity contribution in [1.82, 2.24) is 15.0 Å². The number of benzene rings is 2. The van der Waals surface area contributed by atoms with E-state index in [0.29, 0.717) is 28.8 Å². The lowest BCUT2D eigenvalue weighted by molar-refractivity contribution is -0.00522. The van der Waals surface area contributed by atoms with Gasteiger partial charge in [0, 0.05) is 24.8 Å². The highest BCUT2D eigenvalue weighted by Crippen LogP contribution is 2.42. The Bertz CT molecular complexity index is 1620. The molecule has 2 aromatic carbocycles. The number of hydrogen-bond acceptors (Lipinski definition) is 9. The van der Waals surface area contributed by atoms with Crippen molar-refractivity contribution in [3.63, 3.8) is 0 Å². The Morgan fingerprint density at radius 3 is 2.36 bits per heavy atom. The summed E-state index contributed by atoms with van der Waals surface area (Å²) in [6.45, 7) is 4.99. The molecular formula is C25H23F3N6O3S2. The van der Waals surface area contributed by atoms with Gasteiger partial charge in [0.2, 0.25) is 5.95 Å². The van der Waals surface area contributed by atoms with Crippen molar-refractivity contribution < 1.29 is 26.3 Å². The van der Waals surface area contributed by atoms with Crippen LogP contribution in [0.1, 0.15) is 13.8 Å². The first-order valence-corrected chi connectivity index (χ1v) is 14.1. The lowest BCUT2D eigenvalue weighted by Gasteiger charge is -2.35. The second kappa shape index (κ2) is 10.4. The maximum atomic E-state index is 15.9. The van der Waals surface area contributed by atoms with Crippen molar-refractivity contribution >= 4 is 38.1 Å². The number of ether oxygens (including phenoxy) is 1. The zero-order valence-corrected chi connectivity index (χ0v) is 22.4. The number of nitrogens with one attached hydrogen (secondary N) is 1. The van der Waals surface area contributed by atoms with Crippen LogP contribution in [0.5, 0.6) is 0 Å². The molecule has 14 heteroatoms. The number of anilines is 3. The van der Waals surface area contributed by atoms with Gasteiger partial charge in [0.05, 0.1) is 34.2 Å². The van der Waals surface area contributed by atoms with Crippen LogP contribution in [0, 0.1) is 17.5 Å². The predicted octanol–water partition coefficient (Wildman–Crippen LogP) is 4.68. The summed E-state index contributed by atoms with van der Waals surface area (Å²) in [7, 11) is -4.81. The Morgan fingerprint density at radius 2 is 1.69 bits per heavy atom. The molecule has 0 radical (unpaired) electrons. The molecule has 0 spiro atoms. The molecule has 1 saturated heterocycles. The summed E-state index contributed by atoms with van der Waals surface area (Å²) in [6, 6.07) is 8.21. The van der Waals surface area contributed by atoms with Crippen molar-refractivity contribution in [1.29, 1.82) is 0 Å². The molecule has 0 aliphatic carbocycles. The van der Waals surface area contributed by atoms with Gasteiger partial charge in [0.25, 0.3) is 10.0 Å². The third-order valence-electron chi connectivity index (χ3n) is 5.90. The minimum Gasteiger partial charge on any atom is -0.372 e. The lowest BCUT2D eigenvalue weighted by atomic mass is 10.1. The monoisotopic (exact) mass is 576 g/mol. The first kappa shape index (κ1) is 26.8. The number of nitrogens with two attached hydrogens (primary N) is 1. The zero-order valence-electron chi connectivity index (χ0n) is 20.7. The van der Waals surface area contributed by atoms with Crippen LogP contribution in [0.3, 0.4) is 0 Å². The molecule has 1 aliphatic rings. The Labute approximate surface area is 226 Å². The summed E-state index contributed by atoms with van der Waals surface area (Å²) < 4.78 is 77.7. The number of nitrogens with zero attached hydrogens (tertiary/aromatic N) is 4. The van der Waals surface area contributed by atoms with E-state index in [1.54, 1.807) is 6.07 Å². The standard InChI is InChI=1S/C25H23F3N6O3S2/c1-13-11-34(12-14(2)37-13)25-32-21(22(38-25)19-9-10-30-24(29)31-19)15-5-3-8-18(20(15)28)33-39(35,36)23-16(26)6-4-7-17(23)27/h3-10,13-14,33H,11-12H2,1-2H3,(H2,29,30,31)/t13-,14?/m0/s1. The molecule has 204 valence electrons. The van der Waals surface area contributed by atoms with Gasteiger partial charge in [-0.15, -0.1) is 0 Å². The fourth-order valence-electron chi connectivity index (χ4n) is 4.36. The van der Waals surface area contributed by atoms with E-state index in [0.717, 1.165) is 24.3 Å². The molecule has 2 aromatic heterocycles. The van der Waals surface area contributed by atoms with Crippen molar-refractivity contribution in [3.8, 4) is 21.8 Å². The van der Waals surface area contributed by atoms with Gasteiger partial charge in [-0.2, -0.15) is 0 Å². The number of nitrogen functional groups attached to an aromatic ring is 1. The summed E-state index contributed by atoms with van der Waals surface area (Å²) in [5.74, 6) is -3.58. The van der Waals surface area contributed by atoms with Crippen LogP contribution in [0.15, 0.2) is 53.6 Å².